The third-order valence-electron chi connectivity index (χ3n) is 4.65. The van der Waals surface area contributed by atoms with Crippen molar-refractivity contribution in [1.29, 1.82) is 0 Å². The van der Waals surface area contributed by atoms with Gasteiger partial charge in [-0.1, -0.05) is 6.42 Å². The Labute approximate surface area is 104 Å². The smallest absolute Gasteiger partial charge is 0.0226 e. The Hall–Kier alpha value is 0.270. The molecule has 3 atom stereocenters. The van der Waals surface area contributed by atoms with Crippen molar-refractivity contribution < 1.29 is 0 Å². The molecule has 0 aromatic heterocycles. The van der Waals surface area contributed by atoms with E-state index in [1.165, 1.54) is 63.4 Å². The Morgan fingerprint density at radius 1 is 1.12 bits per heavy atom. The van der Waals surface area contributed by atoms with Crippen LogP contribution in [0.1, 0.15) is 25.7 Å². The molecule has 3 heteroatoms. The van der Waals surface area contributed by atoms with Gasteiger partial charge in [-0.2, -0.15) is 11.8 Å². The molecule has 2 nitrogen and oxygen atoms in total. The predicted molar refractivity (Wildman–Crippen MR) is 71.0 cm³/mol. The standard InChI is InChI=1S/C13H24N2S/c1-3-11-9-14-13(12(11)4-1)10-15-5-2-7-16-8-6-15/h11-14H,1-10H2. The zero-order valence-electron chi connectivity index (χ0n) is 10.2. The summed E-state index contributed by atoms with van der Waals surface area (Å²) in [5.74, 6) is 4.75. The minimum absolute atomic E-state index is 0.815. The van der Waals surface area contributed by atoms with Gasteiger partial charge in [-0.25, -0.2) is 0 Å². The summed E-state index contributed by atoms with van der Waals surface area (Å²) in [5.41, 5.74) is 0. The first-order chi connectivity index (χ1) is 7.93. The number of nitrogens with one attached hydrogen (secondary N) is 1. The van der Waals surface area contributed by atoms with Gasteiger partial charge in [0, 0.05) is 24.9 Å². The zero-order valence-corrected chi connectivity index (χ0v) is 11.0. The lowest BCUT2D eigenvalue weighted by atomic mass is 9.94. The third kappa shape index (κ3) is 2.41. The van der Waals surface area contributed by atoms with Crippen molar-refractivity contribution in [1.82, 2.24) is 10.2 Å². The van der Waals surface area contributed by atoms with E-state index in [1.807, 2.05) is 0 Å². The predicted octanol–water partition coefficient (Wildman–Crippen LogP) is 1.81. The SMILES string of the molecule is C1CC2CNC(CN3CCCSCC3)C2C1. The minimum atomic E-state index is 0.815. The molecule has 3 aliphatic rings. The molecule has 1 aliphatic carbocycles. The van der Waals surface area contributed by atoms with Gasteiger partial charge < -0.3 is 10.2 Å². The lowest BCUT2D eigenvalue weighted by Gasteiger charge is -2.26. The van der Waals surface area contributed by atoms with Gasteiger partial charge in [0.2, 0.25) is 0 Å². The van der Waals surface area contributed by atoms with Crippen molar-refractivity contribution in [3.8, 4) is 0 Å². The summed E-state index contributed by atoms with van der Waals surface area (Å²) in [4.78, 5) is 2.71. The molecule has 16 heavy (non-hydrogen) atoms. The lowest BCUT2D eigenvalue weighted by Crippen LogP contribution is -2.41. The second-order valence-electron chi connectivity index (χ2n) is 5.64. The molecule has 3 fully saturated rings. The van der Waals surface area contributed by atoms with Gasteiger partial charge in [0.25, 0.3) is 0 Å². The fraction of sp³-hybridized carbons (Fsp3) is 1.00. The normalized spacial score (nSPS) is 40.9. The van der Waals surface area contributed by atoms with Gasteiger partial charge in [-0.3, -0.25) is 0 Å². The maximum absolute atomic E-state index is 3.78. The number of thioether (sulfide) groups is 1. The lowest BCUT2D eigenvalue weighted by molar-refractivity contribution is 0.240. The van der Waals surface area contributed by atoms with Gasteiger partial charge >= 0.3 is 0 Å². The van der Waals surface area contributed by atoms with Gasteiger partial charge in [-0.05, 0) is 49.9 Å². The molecule has 1 N–H and O–H groups in total. The monoisotopic (exact) mass is 240 g/mol. The highest BCUT2D eigenvalue weighted by atomic mass is 32.2. The van der Waals surface area contributed by atoms with Crippen LogP contribution in [0, 0.1) is 11.8 Å². The number of hydrogen-bond donors (Lipinski definition) is 1. The fourth-order valence-electron chi connectivity index (χ4n) is 3.76. The van der Waals surface area contributed by atoms with Gasteiger partial charge in [0.05, 0.1) is 0 Å². The van der Waals surface area contributed by atoms with E-state index < -0.39 is 0 Å². The first-order valence-corrected chi connectivity index (χ1v) is 8.12. The van der Waals surface area contributed by atoms with Crippen LogP contribution in [0.2, 0.25) is 0 Å². The van der Waals surface area contributed by atoms with Crippen LogP contribution < -0.4 is 5.32 Å². The number of hydrogen-bond acceptors (Lipinski definition) is 3. The van der Waals surface area contributed by atoms with Crippen LogP contribution in [0.5, 0.6) is 0 Å². The average Bonchev–Trinajstić information content (AvgIpc) is 2.78. The van der Waals surface area contributed by atoms with E-state index in [9.17, 15) is 0 Å². The van der Waals surface area contributed by atoms with Gasteiger partial charge in [-0.15, -0.1) is 0 Å². The van der Waals surface area contributed by atoms with Crippen molar-refractivity contribution in [2.45, 2.75) is 31.7 Å². The van der Waals surface area contributed by atoms with Crippen molar-refractivity contribution in [3.63, 3.8) is 0 Å². The van der Waals surface area contributed by atoms with E-state index in [1.54, 1.807) is 0 Å². The van der Waals surface area contributed by atoms with E-state index >= 15 is 0 Å². The highest BCUT2D eigenvalue weighted by Crippen LogP contribution is 2.37. The highest BCUT2D eigenvalue weighted by molar-refractivity contribution is 7.99. The van der Waals surface area contributed by atoms with Crippen molar-refractivity contribution in [3.05, 3.63) is 0 Å². The Kier molecular flexibility index (Phi) is 3.75. The molecule has 1 saturated carbocycles. The van der Waals surface area contributed by atoms with Gasteiger partial charge in [0.1, 0.15) is 0 Å². The second kappa shape index (κ2) is 5.28. The third-order valence-corrected chi connectivity index (χ3v) is 5.70. The molecule has 0 aromatic carbocycles. The maximum atomic E-state index is 3.78. The summed E-state index contributed by atoms with van der Waals surface area (Å²) >= 11 is 2.13. The van der Waals surface area contributed by atoms with Crippen LogP contribution in [0.3, 0.4) is 0 Å². The zero-order chi connectivity index (χ0) is 10.8. The topological polar surface area (TPSA) is 15.3 Å². The summed E-state index contributed by atoms with van der Waals surface area (Å²) < 4.78 is 0. The van der Waals surface area contributed by atoms with Crippen LogP contribution in [0.15, 0.2) is 0 Å². The molecule has 0 amide bonds. The summed E-state index contributed by atoms with van der Waals surface area (Å²) in [6, 6.07) is 0.815. The molecular formula is C13H24N2S. The summed E-state index contributed by atoms with van der Waals surface area (Å²) in [7, 11) is 0. The fourth-order valence-corrected chi connectivity index (χ4v) is 4.69. The molecule has 2 aliphatic heterocycles. The molecular weight excluding hydrogens is 216 g/mol. The van der Waals surface area contributed by atoms with E-state index in [-0.39, 0.29) is 0 Å². The minimum Gasteiger partial charge on any atom is -0.312 e. The molecule has 3 rings (SSSR count). The van der Waals surface area contributed by atoms with Crippen LogP contribution in [0.4, 0.5) is 0 Å². The van der Waals surface area contributed by atoms with Crippen LogP contribution in [0.25, 0.3) is 0 Å². The average molecular weight is 240 g/mol. The molecule has 0 aromatic rings. The van der Waals surface area contributed by atoms with Gasteiger partial charge in [0.15, 0.2) is 0 Å². The molecule has 2 saturated heterocycles. The summed E-state index contributed by atoms with van der Waals surface area (Å²) in [5, 5.41) is 3.78. The highest BCUT2D eigenvalue weighted by Gasteiger charge is 2.39. The van der Waals surface area contributed by atoms with E-state index in [2.05, 4.69) is 22.0 Å². The number of nitrogens with zero attached hydrogens (tertiary/aromatic N) is 1. The number of fused-ring (bicyclic) bond motifs is 1. The Balaban J connectivity index is 1.53. The Bertz CT molecular complexity index is 226. The van der Waals surface area contributed by atoms with Crippen molar-refractivity contribution in [2.24, 2.45) is 11.8 Å². The Morgan fingerprint density at radius 3 is 3.12 bits per heavy atom. The Morgan fingerprint density at radius 2 is 2.12 bits per heavy atom. The summed E-state index contributed by atoms with van der Waals surface area (Å²) in [6.45, 7) is 5.28. The molecule has 92 valence electrons. The van der Waals surface area contributed by atoms with E-state index in [0.717, 1.165) is 17.9 Å². The maximum Gasteiger partial charge on any atom is 0.0226 e. The summed E-state index contributed by atoms with van der Waals surface area (Å²) in [6.07, 6.45) is 5.86. The van der Waals surface area contributed by atoms with Crippen LogP contribution in [-0.2, 0) is 0 Å². The second-order valence-corrected chi connectivity index (χ2v) is 6.86. The first-order valence-electron chi connectivity index (χ1n) is 6.97. The largest absolute Gasteiger partial charge is 0.312 e. The number of rotatable bonds is 2. The van der Waals surface area contributed by atoms with Crippen LogP contribution in [-0.4, -0.2) is 48.6 Å². The van der Waals surface area contributed by atoms with E-state index in [4.69, 9.17) is 0 Å². The van der Waals surface area contributed by atoms with Crippen LogP contribution >= 0.6 is 11.8 Å². The van der Waals surface area contributed by atoms with E-state index in [0.29, 0.717) is 0 Å². The first kappa shape index (κ1) is 11.4. The molecule has 2 heterocycles. The molecule has 0 bridgehead atoms. The quantitative estimate of drug-likeness (QED) is 0.792. The molecule has 3 unspecified atom stereocenters. The molecule has 0 spiro atoms. The van der Waals surface area contributed by atoms with Crippen molar-refractivity contribution >= 4 is 11.8 Å². The molecule has 0 radical (unpaired) electrons. The van der Waals surface area contributed by atoms with Crippen molar-refractivity contribution in [2.75, 3.05) is 37.7 Å².